The highest BCUT2D eigenvalue weighted by Gasteiger charge is 2.14. The fourth-order valence-electron chi connectivity index (χ4n) is 2.60. The third-order valence-corrected chi connectivity index (χ3v) is 4.06. The van der Waals surface area contributed by atoms with Crippen LogP contribution >= 0.6 is 0 Å². The lowest BCUT2D eigenvalue weighted by molar-refractivity contribution is 0.0872. The van der Waals surface area contributed by atoms with Gasteiger partial charge in [0.25, 0.3) is 0 Å². The van der Waals surface area contributed by atoms with Gasteiger partial charge in [0.1, 0.15) is 0 Å². The van der Waals surface area contributed by atoms with Crippen LogP contribution < -0.4 is 0 Å². The van der Waals surface area contributed by atoms with Crippen molar-refractivity contribution in [3.05, 3.63) is 65.2 Å². The first-order valence-electron chi connectivity index (χ1n) is 7.42. The first-order chi connectivity index (χ1) is 10.6. The van der Waals surface area contributed by atoms with E-state index in [1.165, 1.54) is 0 Å². The molecule has 1 aliphatic rings. The van der Waals surface area contributed by atoms with Crippen LogP contribution in [0.15, 0.2) is 42.5 Å². The molecule has 0 saturated carbocycles. The van der Waals surface area contributed by atoms with E-state index in [0.29, 0.717) is 17.7 Å². The second-order valence-electron chi connectivity index (χ2n) is 5.72. The predicted octanol–water partition coefficient (Wildman–Crippen LogP) is 5.13. The van der Waals surface area contributed by atoms with Gasteiger partial charge >= 0.3 is 0 Å². The summed E-state index contributed by atoms with van der Waals surface area (Å²) in [5.41, 5.74) is 3.48. The third-order valence-electron chi connectivity index (χ3n) is 4.06. The molecule has 0 aliphatic carbocycles. The Bertz CT molecular complexity index is 717. The molecular formula is C19H18F2O. The van der Waals surface area contributed by atoms with Gasteiger partial charge < -0.3 is 4.74 Å². The summed E-state index contributed by atoms with van der Waals surface area (Å²) in [6.07, 6.45) is 3.33. The van der Waals surface area contributed by atoms with Gasteiger partial charge in [-0.15, -0.1) is 0 Å². The average Bonchev–Trinajstić information content (AvgIpc) is 2.54. The van der Waals surface area contributed by atoms with Crippen molar-refractivity contribution in [2.75, 3.05) is 6.61 Å². The van der Waals surface area contributed by atoms with Gasteiger partial charge in [0.05, 0.1) is 12.7 Å². The van der Waals surface area contributed by atoms with E-state index < -0.39 is 11.6 Å². The molecule has 22 heavy (non-hydrogen) atoms. The lowest BCUT2D eigenvalue weighted by Crippen LogP contribution is -2.14. The zero-order chi connectivity index (χ0) is 15.7. The minimum absolute atomic E-state index is 0.257. The summed E-state index contributed by atoms with van der Waals surface area (Å²) in [4.78, 5) is 0. The maximum Gasteiger partial charge on any atom is 0.166 e. The summed E-state index contributed by atoms with van der Waals surface area (Å²) in [5.74, 6) is -1.57. The van der Waals surface area contributed by atoms with Crippen LogP contribution in [0.25, 0.3) is 16.7 Å². The normalized spacial score (nSPS) is 18.2. The van der Waals surface area contributed by atoms with E-state index in [0.717, 1.165) is 17.6 Å². The van der Waals surface area contributed by atoms with Gasteiger partial charge in [-0.3, -0.25) is 0 Å². The van der Waals surface area contributed by atoms with Crippen molar-refractivity contribution < 1.29 is 13.5 Å². The molecule has 0 amide bonds. The number of halogens is 2. The molecule has 0 spiro atoms. The van der Waals surface area contributed by atoms with Gasteiger partial charge in [-0.2, -0.15) is 0 Å². The molecule has 3 heteroatoms. The van der Waals surface area contributed by atoms with Crippen molar-refractivity contribution in [2.24, 2.45) is 0 Å². The largest absolute Gasteiger partial charge is 0.373 e. The fraction of sp³-hybridized carbons (Fsp3) is 0.263. The monoisotopic (exact) mass is 300 g/mol. The topological polar surface area (TPSA) is 9.23 Å². The first-order valence-corrected chi connectivity index (χ1v) is 7.42. The summed E-state index contributed by atoms with van der Waals surface area (Å²) in [6.45, 7) is 4.20. The van der Waals surface area contributed by atoms with E-state index in [2.05, 4.69) is 6.08 Å². The van der Waals surface area contributed by atoms with E-state index in [9.17, 15) is 8.78 Å². The van der Waals surface area contributed by atoms with Crippen molar-refractivity contribution in [1.82, 2.24) is 0 Å². The Labute approximate surface area is 129 Å². The molecule has 0 N–H and O–H groups in total. The second-order valence-corrected chi connectivity index (χ2v) is 5.72. The Hall–Kier alpha value is -2.00. The smallest absolute Gasteiger partial charge is 0.166 e. The Morgan fingerprint density at radius 3 is 2.27 bits per heavy atom. The minimum Gasteiger partial charge on any atom is -0.373 e. The molecule has 1 heterocycles. The van der Waals surface area contributed by atoms with Crippen molar-refractivity contribution >= 4 is 5.57 Å². The maximum absolute atomic E-state index is 14.0. The highest BCUT2D eigenvalue weighted by Crippen LogP contribution is 2.28. The Morgan fingerprint density at radius 1 is 0.955 bits per heavy atom. The standard InChI is InChI=1S/C19H18F2O/c1-12-3-10-17(19(21)18(12)20)15-8-6-14(7-9-15)16-5-4-13(2)22-11-16/h3,5-10,13H,4,11H2,1-2H3. The number of ether oxygens (including phenoxy) is 1. The molecule has 0 aromatic heterocycles. The highest BCUT2D eigenvalue weighted by molar-refractivity contribution is 5.71. The van der Waals surface area contributed by atoms with Gasteiger partial charge in [0.2, 0.25) is 0 Å². The average molecular weight is 300 g/mol. The molecule has 3 rings (SSSR count). The molecule has 0 radical (unpaired) electrons. The van der Waals surface area contributed by atoms with E-state index in [1.807, 2.05) is 31.2 Å². The van der Waals surface area contributed by atoms with Crippen molar-refractivity contribution in [3.63, 3.8) is 0 Å². The van der Waals surface area contributed by atoms with E-state index in [-0.39, 0.29) is 11.7 Å². The number of benzene rings is 2. The van der Waals surface area contributed by atoms with Gasteiger partial charge in [-0.05, 0) is 42.5 Å². The summed E-state index contributed by atoms with van der Waals surface area (Å²) in [7, 11) is 0. The Morgan fingerprint density at radius 2 is 1.64 bits per heavy atom. The van der Waals surface area contributed by atoms with Gasteiger partial charge in [0.15, 0.2) is 11.6 Å². The summed E-state index contributed by atoms with van der Waals surface area (Å²) >= 11 is 0. The van der Waals surface area contributed by atoms with Crippen LogP contribution in [-0.2, 0) is 4.74 Å². The lowest BCUT2D eigenvalue weighted by atomic mass is 9.97. The van der Waals surface area contributed by atoms with Crippen LogP contribution in [0.2, 0.25) is 0 Å². The molecule has 1 unspecified atom stereocenters. The van der Waals surface area contributed by atoms with Crippen LogP contribution in [-0.4, -0.2) is 12.7 Å². The molecule has 114 valence electrons. The maximum atomic E-state index is 14.0. The molecule has 0 fully saturated rings. The number of aryl methyl sites for hydroxylation is 1. The van der Waals surface area contributed by atoms with Crippen LogP contribution in [0.5, 0.6) is 0 Å². The Kier molecular flexibility index (Phi) is 4.08. The predicted molar refractivity (Wildman–Crippen MR) is 84.5 cm³/mol. The lowest BCUT2D eigenvalue weighted by Gasteiger charge is -2.19. The van der Waals surface area contributed by atoms with E-state index in [4.69, 9.17) is 4.74 Å². The molecule has 2 aromatic rings. The Balaban J connectivity index is 1.91. The number of hydrogen-bond donors (Lipinski definition) is 0. The molecular weight excluding hydrogens is 282 g/mol. The molecule has 1 aliphatic heterocycles. The summed E-state index contributed by atoms with van der Waals surface area (Å²) in [6, 6.07) is 10.7. The SMILES string of the molecule is Cc1ccc(-c2ccc(C3=CCC(C)OC3)cc2)c(F)c1F. The van der Waals surface area contributed by atoms with E-state index >= 15 is 0 Å². The molecule has 1 atom stereocenters. The third kappa shape index (κ3) is 2.81. The van der Waals surface area contributed by atoms with Crippen molar-refractivity contribution in [1.29, 1.82) is 0 Å². The molecule has 0 saturated heterocycles. The van der Waals surface area contributed by atoms with Crippen molar-refractivity contribution in [2.45, 2.75) is 26.4 Å². The van der Waals surface area contributed by atoms with Gasteiger partial charge in [-0.1, -0.05) is 42.5 Å². The van der Waals surface area contributed by atoms with Gasteiger partial charge in [-0.25, -0.2) is 8.78 Å². The number of hydrogen-bond acceptors (Lipinski definition) is 1. The minimum atomic E-state index is -0.790. The molecule has 2 aromatic carbocycles. The fourth-order valence-corrected chi connectivity index (χ4v) is 2.60. The zero-order valence-corrected chi connectivity index (χ0v) is 12.7. The van der Waals surface area contributed by atoms with Gasteiger partial charge in [0, 0.05) is 5.56 Å². The number of rotatable bonds is 2. The highest BCUT2D eigenvalue weighted by atomic mass is 19.2. The van der Waals surface area contributed by atoms with E-state index in [1.54, 1.807) is 19.1 Å². The first kappa shape index (κ1) is 14.9. The van der Waals surface area contributed by atoms with Crippen LogP contribution in [0.1, 0.15) is 24.5 Å². The summed E-state index contributed by atoms with van der Waals surface area (Å²) in [5, 5.41) is 0. The summed E-state index contributed by atoms with van der Waals surface area (Å²) < 4.78 is 33.4. The van der Waals surface area contributed by atoms with Crippen molar-refractivity contribution in [3.8, 4) is 11.1 Å². The van der Waals surface area contributed by atoms with Crippen LogP contribution in [0, 0.1) is 18.6 Å². The molecule has 1 nitrogen and oxygen atoms in total. The molecule has 0 bridgehead atoms. The zero-order valence-electron chi connectivity index (χ0n) is 12.7. The quantitative estimate of drug-likeness (QED) is 0.747. The van der Waals surface area contributed by atoms with Crippen LogP contribution in [0.3, 0.4) is 0 Å². The van der Waals surface area contributed by atoms with Crippen LogP contribution in [0.4, 0.5) is 8.78 Å². The second kappa shape index (κ2) is 6.01.